The Hall–Kier alpha value is -1.62. The fourth-order valence-corrected chi connectivity index (χ4v) is 1.86. The summed E-state index contributed by atoms with van der Waals surface area (Å²) in [4.78, 5) is 10.1. The van der Waals surface area contributed by atoms with Gasteiger partial charge >= 0.3 is 0 Å². The molecule has 0 saturated carbocycles. The number of aliphatic hydroxyl groups is 1. The van der Waals surface area contributed by atoms with Gasteiger partial charge in [0.15, 0.2) is 0 Å². The molecular weight excluding hydrogens is 186 g/mol. The van der Waals surface area contributed by atoms with Gasteiger partial charge in [0.25, 0.3) is 5.69 Å². The number of rotatable bonds is 1. The number of aromatic hydroxyl groups is 1. The monoisotopic (exact) mass is 195 g/mol. The second-order valence-corrected chi connectivity index (χ2v) is 3.31. The summed E-state index contributed by atoms with van der Waals surface area (Å²) in [6, 6.07) is 2.53. The minimum Gasteiger partial charge on any atom is -0.508 e. The molecule has 0 aliphatic heterocycles. The predicted molar refractivity (Wildman–Crippen MR) is 48.0 cm³/mol. The van der Waals surface area contributed by atoms with Crippen LogP contribution in [-0.2, 0) is 6.42 Å². The number of nitrogens with zero attached hydrogens (tertiary/aromatic N) is 1. The lowest BCUT2D eigenvalue weighted by molar-refractivity contribution is -0.386. The number of phenolic OH excluding ortho intramolecular Hbond substituents is 1. The summed E-state index contributed by atoms with van der Waals surface area (Å²) in [7, 11) is 0. The first-order chi connectivity index (χ1) is 6.61. The summed E-state index contributed by atoms with van der Waals surface area (Å²) < 4.78 is 0. The molecule has 74 valence electrons. The molecule has 0 bridgehead atoms. The van der Waals surface area contributed by atoms with E-state index in [0.29, 0.717) is 18.4 Å². The van der Waals surface area contributed by atoms with Gasteiger partial charge in [-0.25, -0.2) is 0 Å². The minimum absolute atomic E-state index is 0.0298. The summed E-state index contributed by atoms with van der Waals surface area (Å²) in [6.45, 7) is 0. The van der Waals surface area contributed by atoms with E-state index in [9.17, 15) is 20.3 Å². The molecule has 0 heterocycles. The highest BCUT2D eigenvalue weighted by Crippen LogP contribution is 2.41. The third kappa shape index (κ3) is 1.13. The van der Waals surface area contributed by atoms with Crippen LogP contribution in [0.5, 0.6) is 5.75 Å². The molecule has 2 N–H and O–H groups in total. The predicted octanol–water partition coefficient (Wildman–Crippen LogP) is 1.28. The van der Waals surface area contributed by atoms with Crippen molar-refractivity contribution in [2.24, 2.45) is 0 Å². The Morgan fingerprint density at radius 1 is 1.50 bits per heavy atom. The molecule has 1 aliphatic rings. The van der Waals surface area contributed by atoms with Crippen LogP contribution in [0.4, 0.5) is 5.69 Å². The molecule has 0 amide bonds. The van der Waals surface area contributed by atoms with Gasteiger partial charge in [-0.3, -0.25) is 10.1 Å². The van der Waals surface area contributed by atoms with Crippen LogP contribution in [0, 0.1) is 10.1 Å². The number of nitro benzene ring substituents is 1. The van der Waals surface area contributed by atoms with Crippen molar-refractivity contribution in [2.45, 2.75) is 18.9 Å². The number of fused-ring (bicyclic) bond motifs is 1. The van der Waals surface area contributed by atoms with Crippen LogP contribution in [0.2, 0.25) is 0 Å². The lowest BCUT2D eigenvalue weighted by atomic mass is 10.1. The Morgan fingerprint density at radius 3 is 2.86 bits per heavy atom. The zero-order chi connectivity index (χ0) is 10.3. The summed E-state index contributed by atoms with van der Waals surface area (Å²) in [5.74, 6) is 0.0298. The van der Waals surface area contributed by atoms with Gasteiger partial charge in [0, 0.05) is 11.6 Å². The van der Waals surface area contributed by atoms with Gasteiger partial charge < -0.3 is 10.2 Å². The standard InChI is InChI=1S/C9H9NO4/c11-7-4-2-6(10(13)14)9-5(7)1-3-8(9)12/h2,4,8,11-12H,1,3H2. The fraction of sp³-hybridized carbons (Fsp3) is 0.333. The quantitative estimate of drug-likeness (QED) is 0.522. The van der Waals surface area contributed by atoms with Crippen LogP contribution < -0.4 is 0 Å². The highest BCUT2D eigenvalue weighted by molar-refractivity contribution is 5.55. The van der Waals surface area contributed by atoms with Crippen molar-refractivity contribution in [2.75, 3.05) is 0 Å². The maximum Gasteiger partial charge on any atom is 0.275 e. The number of aliphatic hydroxyl groups excluding tert-OH is 1. The van der Waals surface area contributed by atoms with E-state index in [1.54, 1.807) is 0 Å². The molecule has 0 radical (unpaired) electrons. The molecule has 2 rings (SSSR count). The second-order valence-electron chi connectivity index (χ2n) is 3.31. The average molecular weight is 195 g/mol. The minimum atomic E-state index is -0.822. The average Bonchev–Trinajstić information content (AvgIpc) is 2.50. The first-order valence-electron chi connectivity index (χ1n) is 4.28. The van der Waals surface area contributed by atoms with Gasteiger partial charge in [0.1, 0.15) is 5.75 Å². The summed E-state index contributed by atoms with van der Waals surface area (Å²) in [6.07, 6.45) is 0.107. The zero-order valence-corrected chi connectivity index (χ0v) is 7.30. The molecule has 1 aliphatic carbocycles. The van der Waals surface area contributed by atoms with Crippen molar-refractivity contribution in [1.82, 2.24) is 0 Å². The van der Waals surface area contributed by atoms with E-state index in [-0.39, 0.29) is 17.0 Å². The Bertz CT molecular complexity index is 402. The highest BCUT2D eigenvalue weighted by atomic mass is 16.6. The van der Waals surface area contributed by atoms with E-state index in [4.69, 9.17) is 0 Å². The van der Waals surface area contributed by atoms with E-state index in [0.717, 1.165) is 0 Å². The fourth-order valence-electron chi connectivity index (χ4n) is 1.86. The molecular formula is C9H9NO4. The van der Waals surface area contributed by atoms with Gasteiger partial charge in [-0.05, 0) is 18.9 Å². The van der Waals surface area contributed by atoms with Crippen molar-refractivity contribution in [1.29, 1.82) is 0 Å². The van der Waals surface area contributed by atoms with Gasteiger partial charge in [-0.2, -0.15) is 0 Å². The molecule has 5 nitrogen and oxygen atoms in total. The van der Waals surface area contributed by atoms with E-state index in [1.165, 1.54) is 12.1 Å². The van der Waals surface area contributed by atoms with Crippen LogP contribution in [0.15, 0.2) is 12.1 Å². The van der Waals surface area contributed by atoms with Gasteiger partial charge in [-0.1, -0.05) is 0 Å². The zero-order valence-electron chi connectivity index (χ0n) is 7.30. The SMILES string of the molecule is O=[N+]([O-])c1ccc(O)c2c1C(O)CC2. The molecule has 0 aromatic heterocycles. The van der Waals surface area contributed by atoms with E-state index >= 15 is 0 Å². The maximum atomic E-state index is 10.6. The smallest absolute Gasteiger partial charge is 0.275 e. The molecule has 0 saturated heterocycles. The lowest BCUT2D eigenvalue weighted by Gasteiger charge is -2.05. The molecule has 0 fully saturated rings. The van der Waals surface area contributed by atoms with E-state index in [2.05, 4.69) is 0 Å². The van der Waals surface area contributed by atoms with Crippen LogP contribution in [0.25, 0.3) is 0 Å². The molecule has 1 atom stereocenters. The maximum absolute atomic E-state index is 10.6. The molecule has 0 spiro atoms. The lowest BCUT2D eigenvalue weighted by Crippen LogP contribution is -1.98. The first kappa shape index (κ1) is 8.96. The largest absolute Gasteiger partial charge is 0.508 e. The molecule has 5 heteroatoms. The Labute approximate surface area is 79.8 Å². The summed E-state index contributed by atoms with van der Waals surface area (Å²) in [5.41, 5.74) is 0.671. The first-order valence-corrected chi connectivity index (χ1v) is 4.28. The van der Waals surface area contributed by atoms with Crippen LogP contribution in [0.3, 0.4) is 0 Å². The van der Waals surface area contributed by atoms with Gasteiger partial charge in [0.2, 0.25) is 0 Å². The number of phenols is 1. The van der Waals surface area contributed by atoms with Gasteiger partial charge in [-0.15, -0.1) is 0 Å². The van der Waals surface area contributed by atoms with Crippen molar-refractivity contribution in [3.8, 4) is 5.75 Å². The van der Waals surface area contributed by atoms with Crippen molar-refractivity contribution >= 4 is 5.69 Å². The Morgan fingerprint density at radius 2 is 2.21 bits per heavy atom. The normalized spacial score (nSPS) is 19.4. The van der Waals surface area contributed by atoms with E-state index in [1.807, 2.05) is 0 Å². The topological polar surface area (TPSA) is 83.6 Å². The van der Waals surface area contributed by atoms with Crippen LogP contribution in [0.1, 0.15) is 23.7 Å². The number of hydrogen-bond acceptors (Lipinski definition) is 4. The second kappa shape index (κ2) is 2.95. The number of benzene rings is 1. The van der Waals surface area contributed by atoms with Crippen molar-refractivity contribution in [3.63, 3.8) is 0 Å². The van der Waals surface area contributed by atoms with Crippen molar-refractivity contribution in [3.05, 3.63) is 33.4 Å². The highest BCUT2D eigenvalue weighted by Gasteiger charge is 2.31. The summed E-state index contributed by atoms with van der Waals surface area (Å²) in [5, 5.41) is 29.6. The Balaban J connectivity index is 2.66. The van der Waals surface area contributed by atoms with E-state index < -0.39 is 11.0 Å². The molecule has 1 unspecified atom stereocenters. The van der Waals surface area contributed by atoms with Crippen molar-refractivity contribution < 1.29 is 15.1 Å². The van der Waals surface area contributed by atoms with Gasteiger partial charge in [0.05, 0.1) is 16.6 Å². The van der Waals surface area contributed by atoms with Crippen LogP contribution in [-0.4, -0.2) is 15.1 Å². The molecule has 1 aromatic carbocycles. The number of hydrogen-bond donors (Lipinski definition) is 2. The van der Waals surface area contributed by atoms with Crippen LogP contribution >= 0.6 is 0 Å². The third-order valence-electron chi connectivity index (χ3n) is 2.51. The third-order valence-corrected chi connectivity index (χ3v) is 2.51. The number of nitro groups is 1. The molecule has 14 heavy (non-hydrogen) atoms. The molecule has 1 aromatic rings. The summed E-state index contributed by atoms with van der Waals surface area (Å²) >= 11 is 0. The Kier molecular flexibility index (Phi) is 1.89.